The molecule has 0 spiro atoms. The van der Waals surface area contributed by atoms with Crippen molar-refractivity contribution in [3.63, 3.8) is 0 Å². The van der Waals surface area contributed by atoms with E-state index in [0.29, 0.717) is 5.76 Å². The van der Waals surface area contributed by atoms with Crippen LogP contribution in [0.15, 0.2) is 41.0 Å². The molecule has 112 valence electrons. The van der Waals surface area contributed by atoms with Crippen LogP contribution in [0.1, 0.15) is 22.2 Å². The fraction of sp³-hybridized carbons (Fsp3) is 0.267. The molecule has 2 aromatic rings. The predicted molar refractivity (Wildman–Crippen MR) is 73.8 cm³/mol. The molecule has 4 nitrogen and oxygen atoms in total. The van der Waals surface area contributed by atoms with Gasteiger partial charge in [-0.3, -0.25) is 9.69 Å². The molecule has 0 bridgehead atoms. The van der Waals surface area contributed by atoms with Crippen LogP contribution in [-0.2, 0) is 0 Å². The van der Waals surface area contributed by atoms with Crippen molar-refractivity contribution in [2.24, 2.45) is 0 Å². The summed E-state index contributed by atoms with van der Waals surface area (Å²) in [5.41, 5.74) is -0.313. The molecule has 21 heavy (non-hydrogen) atoms. The molecule has 0 saturated carbocycles. The summed E-state index contributed by atoms with van der Waals surface area (Å²) >= 11 is 0. The van der Waals surface area contributed by atoms with Crippen molar-refractivity contribution in [3.05, 3.63) is 59.6 Å². The summed E-state index contributed by atoms with van der Waals surface area (Å²) in [6, 6.07) is 6.85. The molecule has 1 aromatic carbocycles. The fourth-order valence-corrected chi connectivity index (χ4v) is 1.98. The Morgan fingerprint density at radius 2 is 2.05 bits per heavy atom. The van der Waals surface area contributed by atoms with E-state index in [1.54, 1.807) is 18.4 Å². The molecule has 0 fully saturated rings. The van der Waals surface area contributed by atoms with E-state index in [1.165, 1.54) is 12.1 Å². The number of carbonyl (C=O) groups is 1. The molecule has 1 aromatic heterocycles. The average molecular weight is 294 g/mol. The molecule has 1 amide bonds. The summed E-state index contributed by atoms with van der Waals surface area (Å²) < 4.78 is 32.0. The predicted octanol–water partition coefficient (Wildman–Crippen LogP) is 2.59. The molecule has 1 unspecified atom stereocenters. The molecule has 0 aliphatic rings. The van der Waals surface area contributed by atoms with Gasteiger partial charge in [-0.1, -0.05) is 6.07 Å². The SMILES string of the molecule is CN(C)C(CNC(=O)c1cccc(F)c1F)c1ccco1. The summed E-state index contributed by atoms with van der Waals surface area (Å²) in [6.07, 6.45) is 1.54. The number of hydrogen-bond acceptors (Lipinski definition) is 3. The summed E-state index contributed by atoms with van der Waals surface area (Å²) in [7, 11) is 3.67. The van der Waals surface area contributed by atoms with Gasteiger partial charge in [0.1, 0.15) is 5.76 Å². The lowest BCUT2D eigenvalue weighted by molar-refractivity contribution is 0.0934. The largest absolute Gasteiger partial charge is 0.468 e. The number of nitrogens with one attached hydrogen (secondary N) is 1. The number of rotatable bonds is 5. The first-order chi connectivity index (χ1) is 10.0. The van der Waals surface area contributed by atoms with E-state index in [9.17, 15) is 13.6 Å². The zero-order valence-electron chi connectivity index (χ0n) is 11.8. The van der Waals surface area contributed by atoms with E-state index in [4.69, 9.17) is 4.42 Å². The zero-order chi connectivity index (χ0) is 15.4. The summed E-state index contributed by atoms with van der Waals surface area (Å²) in [6.45, 7) is 0.218. The first-order valence-electron chi connectivity index (χ1n) is 6.42. The van der Waals surface area contributed by atoms with Gasteiger partial charge in [-0.05, 0) is 38.4 Å². The van der Waals surface area contributed by atoms with Crippen LogP contribution in [0.4, 0.5) is 8.78 Å². The Hall–Kier alpha value is -2.21. The number of benzene rings is 1. The molecule has 0 aliphatic heterocycles. The standard InChI is InChI=1S/C15H16F2N2O2/c1-19(2)12(13-7-4-8-21-13)9-18-15(20)10-5-3-6-11(16)14(10)17/h3-8,12H,9H2,1-2H3,(H,18,20). The molecule has 0 aliphatic carbocycles. The first-order valence-corrected chi connectivity index (χ1v) is 6.42. The van der Waals surface area contributed by atoms with Gasteiger partial charge in [0.05, 0.1) is 17.9 Å². The number of furan rings is 1. The monoisotopic (exact) mass is 294 g/mol. The minimum absolute atomic E-state index is 0.194. The van der Waals surface area contributed by atoms with Crippen molar-refractivity contribution in [1.82, 2.24) is 10.2 Å². The van der Waals surface area contributed by atoms with E-state index in [0.717, 1.165) is 6.07 Å². The quantitative estimate of drug-likeness (QED) is 0.922. The van der Waals surface area contributed by atoms with Gasteiger partial charge in [-0.25, -0.2) is 8.78 Å². The van der Waals surface area contributed by atoms with Crippen molar-refractivity contribution < 1.29 is 18.0 Å². The van der Waals surface area contributed by atoms with Crippen molar-refractivity contribution in [2.45, 2.75) is 6.04 Å². The van der Waals surface area contributed by atoms with Gasteiger partial charge >= 0.3 is 0 Å². The highest BCUT2D eigenvalue weighted by atomic mass is 19.2. The van der Waals surface area contributed by atoms with Crippen molar-refractivity contribution >= 4 is 5.91 Å². The van der Waals surface area contributed by atoms with Crippen LogP contribution in [0.25, 0.3) is 0 Å². The maximum absolute atomic E-state index is 13.5. The minimum atomic E-state index is -1.14. The van der Waals surface area contributed by atoms with E-state index in [2.05, 4.69) is 5.32 Å². The molecular formula is C15H16F2N2O2. The summed E-state index contributed by atoms with van der Waals surface area (Å²) in [4.78, 5) is 13.8. The first kappa shape index (κ1) is 15.2. The lowest BCUT2D eigenvalue weighted by atomic mass is 10.1. The number of halogens is 2. The molecule has 1 heterocycles. The lowest BCUT2D eigenvalue weighted by Crippen LogP contribution is -2.34. The van der Waals surface area contributed by atoms with E-state index >= 15 is 0 Å². The normalized spacial score (nSPS) is 12.4. The van der Waals surface area contributed by atoms with Gasteiger partial charge in [-0.15, -0.1) is 0 Å². The Morgan fingerprint density at radius 3 is 2.67 bits per heavy atom. The van der Waals surface area contributed by atoms with Gasteiger partial charge in [0.15, 0.2) is 11.6 Å². The third kappa shape index (κ3) is 3.46. The second-order valence-electron chi connectivity index (χ2n) is 4.81. The lowest BCUT2D eigenvalue weighted by Gasteiger charge is -2.22. The third-order valence-corrected chi connectivity index (χ3v) is 3.15. The van der Waals surface area contributed by atoms with Crippen molar-refractivity contribution in [2.75, 3.05) is 20.6 Å². The Balaban J connectivity index is 2.07. The minimum Gasteiger partial charge on any atom is -0.468 e. The maximum Gasteiger partial charge on any atom is 0.254 e. The van der Waals surface area contributed by atoms with Crippen LogP contribution in [-0.4, -0.2) is 31.4 Å². The van der Waals surface area contributed by atoms with E-state index < -0.39 is 17.5 Å². The van der Waals surface area contributed by atoms with E-state index in [-0.39, 0.29) is 18.2 Å². The number of carbonyl (C=O) groups excluding carboxylic acids is 1. The van der Waals surface area contributed by atoms with Crippen LogP contribution in [0, 0.1) is 11.6 Å². The Bertz CT molecular complexity index is 612. The van der Waals surface area contributed by atoms with Gasteiger partial charge in [0.25, 0.3) is 5.91 Å². The average Bonchev–Trinajstić information content (AvgIpc) is 2.95. The summed E-state index contributed by atoms with van der Waals surface area (Å²) in [5.74, 6) is -2.17. The zero-order valence-corrected chi connectivity index (χ0v) is 11.8. The number of hydrogen-bond donors (Lipinski definition) is 1. The van der Waals surface area contributed by atoms with Crippen LogP contribution in [0.3, 0.4) is 0 Å². The number of likely N-dealkylation sites (N-methyl/N-ethyl adjacent to an activating group) is 1. The van der Waals surface area contributed by atoms with Crippen LogP contribution in [0.5, 0.6) is 0 Å². The molecule has 0 radical (unpaired) electrons. The number of nitrogens with zero attached hydrogens (tertiary/aromatic N) is 1. The molecule has 1 N–H and O–H groups in total. The Morgan fingerprint density at radius 1 is 1.29 bits per heavy atom. The van der Waals surface area contributed by atoms with Crippen molar-refractivity contribution in [3.8, 4) is 0 Å². The molecule has 1 atom stereocenters. The highest BCUT2D eigenvalue weighted by molar-refractivity contribution is 5.94. The second-order valence-corrected chi connectivity index (χ2v) is 4.81. The fourth-order valence-electron chi connectivity index (χ4n) is 1.98. The smallest absolute Gasteiger partial charge is 0.254 e. The highest BCUT2D eigenvalue weighted by Crippen LogP contribution is 2.18. The second kappa shape index (κ2) is 6.49. The van der Waals surface area contributed by atoms with Crippen molar-refractivity contribution in [1.29, 1.82) is 0 Å². The highest BCUT2D eigenvalue weighted by Gasteiger charge is 2.20. The molecule has 6 heteroatoms. The molecule has 2 rings (SSSR count). The Labute approximate surface area is 121 Å². The van der Waals surface area contributed by atoms with Gasteiger partial charge < -0.3 is 9.73 Å². The summed E-state index contributed by atoms with van der Waals surface area (Å²) in [5, 5.41) is 2.59. The number of amides is 1. The van der Waals surface area contributed by atoms with Crippen LogP contribution < -0.4 is 5.32 Å². The molecule has 0 saturated heterocycles. The van der Waals surface area contributed by atoms with Gasteiger partial charge in [0.2, 0.25) is 0 Å². The third-order valence-electron chi connectivity index (χ3n) is 3.15. The topological polar surface area (TPSA) is 45.5 Å². The van der Waals surface area contributed by atoms with Gasteiger partial charge in [0, 0.05) is 6.54 Å². The van der Waals surface area contributed by atoms with Crippen LogP contribution >= 0.6 is 0 Å². The van der Waals surface area contributed by atoms with Crippen LogP contribution in [0.2, 0.25) is 0 Å². The van der Waals surface area contributed by atoms with E-state index in [1.807, 2.05) is 19.0 Å². The Kier molecular flexibility index (Phi) is 4.70. The van der Waals surface area contributed by atoms with Gasteiger partial charge in [-0.2, -0.15) is 0 Å². The maximum atomic E-state index is 13.5. The molecular weight excluding hydrogens is 278 g/mol.